The van der Waals surface area contributed by atoms with Crippen LogP contribution in [0.2, 0.25) is 0 Å². The summed E-state index contributed by atoms with van der Waals surface area (Å²) in [5, 5.41) is 50.4. The predicted octanol–water partition coefficient (Wildman–Crippen LogP) is 3.57. The predicted molar refractivity (Wildman–Crippen MR) is 212 cm³/mol. The van der Waals surface area contributed by atoms with Gasteiger partial charge < -0.3 is 59.1 Å². The molecule has 14 nitrogen and oxygen atoms in total. The van der Waals surface area contributed by atoms with Gasteiger partial charge in [-0.3, -0.25) is 9.59 Å². The first-order valence-electron chi connectivity index (χ1n) is 20.9. The molecule has 5 N–H and O–H groups in total. The minimum absolute atomic E-state index is 0.0927. The maximum atomic E-state index is 14.5. The molecule has 0 aromatic rings. The molecule has 0 bridgehead atoms. The smallest absolute Gasteiger partial charge is 0.309 e. The monoisotopic (exact) mass is 803 g/mol. The molecule has 3 rings (SSSR count). The van der Waals surface area contributed by atoms with Crippen LogP contribution in [0.4, 0.5) is 0 Å². The lowest BCUT2D eigenvalue weighted by Gasteiger charge is -2.53. The number of rotatable bonds is 10. The van der Waals surface area contributed by atoms with E-state index in [0.717, 1.165) is 6.42 Å². The molecular weight excluding hydrogens is 724 g/mol. The summed E-state index contributed by atoms with van der Waals surface area (Å²) < 4.78 is 38.3. The molecule has 0 aromatic heterocycles. The highest BCUT2D eigenvalue weighted by molar-refractivity contribution is 5.76. The Morgan fingerprint density at radius 2 is 1.61 bits per heavy atom. The van der Waals surface area contributed by atoms with Crippen molar-refractivity contribution in [3.05, 3.63) is 0 Å². The zero-order valence-electron chi connectivity index (χ0n) is 37.0. The van der Waals surface area contributed by atoms with E-state index >= 15 is 0 Å². The Kier molecular flexibility index (Phi) is 16.8. The summed E-state index contributed by atoms with van der Waals surface area (Å²) in [6.07, 6.45) is -5.52. The van der Waals surface area contributed by atoms with Crippen LogP contribution in [0.15, 0.2) is 0 Å². The van der Waals surface area contributed by atoms with Gasteiger partial charge in [0.05, 0.1) is 53.7 Å². The number of hydrogen-bond donors (Lipinski definition) is 5. The lowest BCUT2D eigenvalue weighted by atomic mass is 9.63. The minimum Gasteiger partial charge on any atom is -0.459 e. The molecule has 56 heavy (non-hydrogen) atoms. The fourth-order valence-electron chi connectivity index (χ4n) is 9.47. The Morgan fingerprint density at radius 1 is 0.982 bits per heavy atom. The van der Waals surface area contributed by atoms with E-state index < -0.39 is 95.0 Å². The number of methoxy groups -OCH3 is 1. The van der Waals surface area contributed by atoms with E-state index in [9.17, 15) is 30.0 Å². The molecule has 3 saturated heterocycles. The molecule has 0 spiro atoms. The van der Waals surface area contributed by atoms with Gasteiger partial charge in [-0.15, -0.1) is 0 Å². The first-order chi connectivity index (χ1) is 25.8. The zero-order valence-corrected chi connectivity index (χ0v) is 37.0. The Morgan fingerprint density at radius 3 is 2.16 bits per heavy atom. The number of aliphatic hydroxyl groups excluding tert-OH is 2. The van der Waals surface area contributed by atoms with Gasteiger partial charge in [0, 0.05) is 50.4 Å². The molecule has 3 fully saturated rings. The lowest BCUT2D eigenvalue weighted by Crippen LogP contribution is -2.62. The number of esters is 1. The highest BCUT2D eigenvalue weighted by atomic mass is 16.7. The van der Waals surface area contributed by atoms with Gasteiger partial charge in [-0.25, -0.2) is 0 Å². The van der Waals surface area contributed by atoms with Crippen molar-refractivity contribution in [2.24, 2.45) is 23.2 Å². The van der Waals surface area contributed by atoms with Gasteiger partial charge in [0.2, 0.25) is 5.91 Å². The van der Waals surface area contributed by atoms with Crippen LogP contribution in [0.3, 0.4) is 0 Å². The van der Waals surface area contributed by atoms with Crippen LogP contribution in [-0.2, 0) is 38.0 Å². The second-order valence-corrected chi connectivity index (χ2v) is 18.7. The first kappa shape index (κ1) is 48.9. The van der Waals surface area contributed by atoms with Crippen LogP contribution >= 0.6 is 0 Å². The van der Waals surface area contributed by atoms with Crippen molar-refractivity contribution in [3.8, 4) is 0 Å². The van der Waals surface area contributed by atoms with Crippen molar-refractivity contribution in [3.63, 3.8) is 0 Å². The molecule has 14 heteroatoms. The number of hydrogen-bond acceptors (Lipinski definition) is 13. The van der Waals surface area contributed by atoms with Crippen molar-refractivity contribution in [1.29, 1.82) is 0 Å². The quantitative estimate of drug-likeness (QED) is 0.202. The molecule has 17 atom stereocenters. The number of likely N-dealkylation sites (N-methyl/N-ethyl adjacent to an activating group) is 1. The van der Waals surface area contributed by atoms with E-state index in [4.69, 9.17) is 28.4 Å². The molecule has 3 aliphatic heterocycles. The van der Waals surface area contributed by atoms with Crippen LogP contribution in [0.5, 0.6) is 0 Å². The van der Waals surface area contributed by atoms with Crippen LogP contribution in [0.1, 0.15) is 122 Å². The molecular formula is C42H78N2O12. The summed E-state index contributed by atoms with van der Waals surface area (Å²) in [6, 6.07) is 0.438. The molecule has 0 saturated carbocycles. The second kappa shape index (κ2) is 19.3. The Labute approximate surface area is 336 Å². The fourth-order valence-corrected chi connectivity index (χ4v) is 9.47. The van der Waals surface area contributed by atoms with Gasteiger partial charge in [-0.05, 0) is 87.1 Å². The van der Waals surface area contributed by atoms with Crippen LogP contribution in [0, 0.1) is 23.2 Å². The van der Waals surface area contributed by atoms with E-state index in [1.165, 1.54) is 14.0 Å². The highest BCUT2D eigenvalue weighted by Gasteiger charge is 2.57. The van der Waals surface area contributed by atoms with E-state index in [0.29, 0.717) is 6.42 Å². The number of carbonyl (C=O) groups is 2. The number of aliphatic hydroxyl groups is 4. The highest BCUT2D eigenvalue weighted by Crippen LogP contribution is 2.49. The Hall–Kier alpha value is -1.46. The molecule has 0 radical (unpaired) electrons. The number of carbonyl (C=O) groups excluding carboxylic acids is 2. The minimum atomic E-state index is -1.92. The van der Waals surface area contributed by atoms with Gasteiger partial charge >= 0.3 is 5.97 Å². The van der Waals surface area contributed by atoms with E-state index in [1.54, 1.807) is 41.7 Å². The van der Waals surface area contributed by atoms with Crippen LogP contribution < -0.4 is 5.32 Å². The van der Waals surface area contributed by atoms with E-state index in [2.05, 4.69) is 31.1 Å². The largest absolute Gasteiger partial charge is 0.459 e. The third-order valence-corrected chi connectivity index (χ3v) is 13.9. The fraction of sp³-hybridized carbons (Fsp3) is 0.952. The van der Waals surface area contributed by atoms with Gasteiger partial charge in [0.25, 0.3) is 0 Å². The summed E-state index contributed by atoms with van der Waals surface area (Å²) in [5.74, 6) is -3.16. The second-order valence-electron chi connectivity index (χ2n) is 18.7. The van der Waals surface area contributed by atoms with Gasteiger partial charge in [0.1, 0.15) is 24.4 Å². The van der Waals surface area contributed by atoms with Crippen molar-refractivity contribution < 1.29 is 58.4 Å². The Bertz CT molecular complexity index is 1280. The number of nitrogens with zero attached hydrogens (tertiary/aromatic N) is 1. The molecule has 0 aromatic carbocycles. The van der Waals surface area contributed by atoms with Crippen LogP contribution in [0.25, 0.3) is 0 Å². The third-order valence-electron chi connectivity index (χ3n) is 13.9. The van der Waals surface area contributed by atoms with Crippen molar-refractivity contribution in [2.75, 3.05) is 27.8 Å². The number of nitrogens with one attached hydrogen (secondary N) is 1. The summed E-state index contributed by atoms with van der Waals surface area (Å²) in [4.78, 5) is 29.3. The molecule has 0 aliphatic carbocycles. The molecule has 3 unspecified atom stereocenters. The molecule has 328 valence electrons. The number of amides is 1. The van der Waals surface area contributed by atoms with Gasteiger partial charge in [-0.2, -0.15) is 0 Å². The van der Waals surface area contributed by atoms with Gasteiger partial charge in [-0.1, -0.05) is 34.6 Å². The van der Waals surface area contributed by atoms with E-state index in [1.807, 2.05) is 27.7 Å². The number of cyclic esters (lactones) is 1. The first-order valence-corrected chi connectivity index (χ1v) is 20.9. The van der Waals surface area contributed by atoms with Crippen molar-refractivity contribution >= 4 is 11.9 Å². The summed E-state index contributed by atoms with van der Waals surface area (Å²) >= 11 is 0. The third kappa shape index (κ3) is 10.8. The molecule has 1 amide bonds. The molecule has 3 heterocycles. The van der Waals surface area contributed by atoms with Gasteiger partial charge in [0.15, 0.2) is 6.29 Å². The van der Waals surface area contributed by atoms with Crippen LogP contribution in [-0.4, -0.2) is 149 Å². The summed E-state index contributed by atoms with van der Waals surface area (Å²) in [7, 11) is 5.13. The summed E-state index contributed by atoms with van der Waals surface area (Å²) in [6.45, 7) is 21.8. The zero-order chi connectivity index (χ0) is 42.7. The summed E-state index contributed by atoms with van der Waals surface area (Å²) in [5.41, 5.74) is -5.66. The van der Waals surface area contributed by atoms with Crippen molar-refractivity contribution in [2.45, 2.75) is 206 Å². The van der Waals surface area contributed by atoms with Crippen molar-refractivity contribution in [1.82, 2.24) is 10.2 Å². The SMILES string of the molecule is CC[C@H]1OC(=O)[C@H](C)[C@](C)(C2C[C@@](C)(OC)C(O)[C@H](C)O2)CC(O[C@H]2C[C@@H](N(C)C(C)C)C[C@@H](C)O2)[C@](C)(O)C[C@@H](C)[C@H](OCC(=O)NC)[C@H](C)[C@@H](O)[C@]1(C)O. The average Bonchev–Trinajstić information content (AvgIpc) is 3.13. The molecule has 3 aliphatic rings. The standard InChI is InChI=1S/C42H78N2O12/c1-16-30-42(12,50)36(46)26(6)35(52-22-33(45)43-13)24(4)19-40(10,49)32(55-34-18-29(17-25(5)53-34)44(14)23(2)3)20-39(9,27(7)38(48)56-30)31-21-41(11,51-15)37(47)28(8)54-31/h23-32,34-37,46-47,49-50H,16-22H2,1-15H3,(H,43,45)/t24-,25-,26+,27+,28+,29+,30-,31?,32?,34+,35+,36-,37?,39-,40-,41-,42-/m1/s1. The maximum absolute atomic E-state index is 14.5. The van der Waals surface area contributed by atoms with E-state index in [-0.39, 0.29) is 56.4 Å². The Balaban J connectivity index is 2.26. The normalized spacial score (nSPS) is 46.3. The number of ether oxygens (including phenoxy) is 6. The maximum Gasteiger partial charge on any atom is 0.309 e. The lowest BCUT2D eigenvalue weighted by molar-refractivity contribution is -0.275. The average molecular weight is 803 g/mol. The topological polar surface area (TPSA) is 186 Å².